The highest BCUT2D eigenvalue weighted by atomic mass is 35.5. The van der Waals surface area contributed by atoms with Crippen molar-refractivity contribution in [3.05, 3.63) is 24.0 Å². The molecule has 1 aromatic heterocycles. The SMILES string of the molecule is CC[C@H]1Oc2cccnc2[C@@H]1CN.Cl.Cl. The van der Waals surface area contributed by atoms with Crippen molar-refractivity contribution in [1.82, 2.24) is 4.98 Å². The van der Waals surface area contributed by atoms with Gasteiger partial charge in [-0.3, -0.25) is 4.98 Å². The fourth-order valence-corrected chi connectivity index (χ4v) is 1.83. The zero-order valence-corrected chi connectivity index (χ0v) is 10.2. The van der Waals surface area contributed by atoms with Crippen LogP contribution in [-0.2, 0) is 0 Å². The Kier molecular flexibility index (Phi) is 5.95. The zero-order chi connectivity index (χ0) is 9.26. The van der Waals surface area contributed by atoms with Crippen molar-refractivity contribution in [3.8, 4) is 5.75 Å². The summed E-state index contributed by atoms with van der Waals surface area (Å²) in [5, 5.41) is 0. The zero-order valence-electron chi connectivity index (χ0n) is 8.55. The van der Waals surface area contributed by atoms with Gasteiger partial charge in [-0.2, -0.15) is 0 Å². The first-order valence-electron chi connectivity index (χ1n) is 4.68. The van der Waals surface area contributed by atoms with Crippen LogP contribution in [0, 0.1) is 0 Å². The Labute approximate surface area is 102 Å². The van der Waals surface area contributed by atoms with E-state index >= 15 is 0 Å². The van der Waals surface area contributed by atoms with Crippen molar-refractivity contribution in [3.63, 3.8) is 0 Å². The minimum atomic E-state index is 0. The van der Waals surface area contributed by atoms with E-state index in [1.807, 2.05) is 12.1 Å². The summed E-state index contributed by atoms with van der Waals surface area (Å²) in [6.07, 6.45) is 3.00. The monoisotopic (exact) mass is 250 g/mol. The lowest BCUT2D eigenvalue weighted by Crippen LogP contribution is -2.24. The van der Waals surface area contributed by atoms with E-state index in [9.17, 15) is 0 Å². The molecule has 86 valence electrons. The van der Waals surface area contributed by atoms with E-state index < -0.39 is 0 Å². The Bertz CT molecular complexity index is 309. The molecule has 0 radical (unpaired) electrons. The Morgan fingerprint density at radius 1 is 1.47 bits per heavy atom. The minimum Gasteiger partial charge on any atom is -0.488 e. The van der Waals surface area contributed by atoms with Crippen molar-refractivity contribution in [2.24, 2.45) is 5.73 Å². The van der Waals surface area contributed by atoms with E-state index in [0.717, 1.165) is 17.9 Å². The van der Waals surface area contributed by atoms with Crippen LogP contribution in [0.3, 0.4) is 0 Å². The second-order valence-electron chi connectivity index (χ2n) is 3.29. The number of aromatic nitrogens is 1. The molecule has 0 fully saturated rings. The van der Waals surface area contributed by atoms with Crippen molar-refractivity contribution < 1.29 is 4.74 Å². The third-order valence-electron chi connectivity index (χ3n) is 2.53. The van der Waals surface area contributed by atoms with E-state index in [2.05, 4.69) is 11.9 Å². The minimum absolute atomic E-state index is 0. The number of nitrogens with two attached hydrogens (primary N) is 1. The molecule has 2 atom stereocenters. The summed E-state index contributed by atoms with van der Waals surface area (Å²) in [6, 6.07) is 3.85. The van der Waals surface area contributed by atoms with Crippen LogP contribution in [0.15, 0.2) is 18.3 Å². The van der Waals surface area contributed by atoms with Gasteiger partial charge in [0, 0.05) is 12.7 Å². The molecule has 0 amide bonds. The molecule has 0 spiro atoms. The van der Waals surface area contributed by atoms with Crippen molar-refractivity contribution in [2.75, 3.05) is 6.54 Å². The van der Waals surface area contributed by atoms with Crippen LogP contribution in [0.25, 0.3) is 0 Å². The molecule has 15 heavy (non-hydrogen) atoms. The number of halogens is 2. The highest BCUT2D eigenvalue weighted by molar-refractivity contribution is 5.85. The number of hydrogen-bond acceptors (Lipinski definition) is 3. The Hall–Kier alpha value is -0.510. The third kappa shape index (κ3) is 2.54. The molecular formula is C10H16Cl2N2O. The molecule has 1 aliphatic heterocycles. The Balaban J connectivity index is 0.000000980. The lowest BCUT2D eigenvalue weighted by molar-refractivity contribution is 0.202. The van der Waals surface area contributed by atoms with Gasteiger partial charge in [-0.05, 0) is 18.6 Å². The van der Waals surface area contributed by atoms with Crippen LogP contribution in [-0.4, -0.2) is 17.6 Å². The summed E-state index contributed by atoms with van der Waals surface area (Å²) in [5.74, 6) is 1.19. The first-order valence-corrected chi connectivity index (χ1v) is 4.68. The number of fused-ring (bicyclic) bond motifs is 1. The van der Waals surface area contributed by atoms with Gasteiger partial charge in [0.2, 0.25) is 0 Å². The van der Waals surface area contributed by atoms with E-state index in [4.69, 9.17) is 10.5 Å². The van der Waals surface area contributed by atoms with Gasteiger partial charge in [0.1, 0.15) is 11.9 Å². The van der Waals surface area contributed by atoms with Gasteiger partial charge in [-0.1, -0.05) is 6.92 Å². The summed E-state index contributed by atoms with van der Waals surface area (Å²) in [6.45, 7) is 2.72. The number of ether oxygens (including phenoxy) is 1. The van der Waals surface area contributed by atoms with Crippen LogP contribution < -0.4 is 10.5 Å². The quantitative estimate of drug-likeness (QED) is 0.875. The van der Waals surface area contributed by atoms with Gasteiger partial charge in [0.05, 0.1) is 11.6 Å². The largest absolute Gasteiger partial charge is 0.488 e. The van der Waals surface area contributed by atoms with Gasteiger partial charge in [0.25, 0.3) is 0 Å². The first-order chi connectivity index (χ1) is 6.36. The molecule has 0 saturated carbocycles. The topological polar surface area (TPSA) is 48.1 Å². The lowest BCUT2D eigenvalue weighted by atomic mass is 9.99. The predicted octanol–water partition coefficient (Wildman–Crippen LogP) is 2.14. The van der Waals surface area contributed by atoms with Crippen LogP contribution >= 0.6 is 24.8 Å². The van der Waals surface area contributed by atoms with Gasteiger partial charge < -0.3 is 10.5 Å². The summed E-state index contributed by atoms with van der Waals surface area (Å²) in [4.78, 5) is 4.30. The van der Waals surface area contributed by atoms with Crippen molar-refractivity contribution in [1.29, 1.82) is 0 Å². The average Bonchev–Trinajstić information content (AvgIpc) is 2.55. The Morgan fingerprint density at radius 3 is 2.80 bits per heavy atom. The molecule has 5 heteroatoms. The van der Waals surface area contributed by atoms with Crippen LogP contribution in [0.2, 0.25) is 0 Å². The maximum atomic E-state index is 5.72. The second kappa shape index (κ2) is 6.16. The number of hydrogen-bond donors (Lipinski definition) is 1. The first kappa shape index (κ1) is 14.5. The highest BCUT2D eigenvalue weighted by Crippen LogP contribution is 2.36. The predicted molar refractivity (Wildman–Crippen MR) is 65.2 cm³/mol. The fraction of sp³-hybridized carbons (Fsp3) is 0.500. The maximum Gasteiger partial charge on any atom is 0.141 e. The molecule has 1 aliphatic rings. The summed E-state index contributed by atoms with van der Waals surface area (Å²) in [5.41, 5.74) is 6.72. The van der Waals surface area contributed by atoms with Gasteiger partial charge in [-0.15, -0.1) is 24.8 Å². The number of pyridine rings is 1. The lowest BCUT2D eigenvalue weighted by Gasteiger charge is -2.13. The normalized spacial score (nSPS) is 22.0. The van der Waals surface area contributed by atoms with Crippen LogP contribution in [0.1, 0.15) is 25.0 Å². The maximum absolute atomic E-state index is 5.72. The molecule has 2 rings (SSSR count). The fourth-order valence-electron chi connectivity index (χ4n) is 1.83. The van der Waals surface area contributed by atoms with E-state index in [1.165, 1.54) is 0 Å². The van der Waals surface area contributed by atoms with E-state index in [1.54, 1.807) is 6.20 Å². The summed E-state index contributed by atoms with van der Waals surface area (Å²) >= 11 is 0. The van der Waals surface area contributed by atoms with Crippen LogP contribution in [0.5, 0.6) is 5.75 Å². The standard InChI is InChI=1S/C10H14N2O.2ClH/c1-2-8-7(6-11)10-9(13-8)4-3-5-12-10;;/h3-5,7-8H,2,6,11H2,1H3;2*1H/t7-,8-;;/m1../s1. The molecule has 2 heterocycles. The van der Waals surface area contributed by atoms with Gasteiger partial charge in [-0.25, -0.2) is 0 Å². The average molecular weight is 251 g/mol. The molecule has 0 saturated heterocycles. The molecule has 0 unspecified atom stereocenters. The molecule has 0 aromatic carbocycles. The molecule has 3 nitrogen and oxygen atoms in total. The molecule has 0 aliphatic carbocycles. The number of nitrogens with zero attached hydrogens (tertiary/aromatic N) is 1. The van der Waals surface area contributed by atoms with E-state index in [0.29, 0.717) is 6.54 Å². The van der Waals surface area contributed by atoms with Crippen LogP contribution in [0.4, 0.5) is 0 Å². The second-order valence-corrected chi connectivity index (χ2v) is 3.29. The molecule has 0 bridgehead atoms. The highest BCUT2D eigenvalue weighted by Gasteiger charge is 2.32. The van der Waals surface area contributed by atoms with Crippen molar-refractivity contribution >= 4 is 24.8 Å². The van der Waals surface area contributed by atoms with Gasteiger partial charge >= 0.3 is 0 Å². The van der Waals surface area contributed by atoms with Gasteiger partial charge in [0.15, 0.2) is 0 Å². The van der Waals surface area contributed by atoms with Crippen molar-refractivity contribution in [2.45, 2.75) is 25.4 Å². The number of rotatable bonds is 2. The smallest absolute Gasteiger partial charge is 0.141 e. The summed E-state index contributed by atoms with van der Waals surface area (Å²) < 4.78 is 5.72. The Morgan fingerprint density at radius 2 is 2.20 bits per heavy atom. The third-order valence-corrected chi connectivity index (χ3v) is 2.53. The summed E-state index contributed by atoms with van der Waals surface area (Å²) in [7, 11) is 0. The molecule has 2 N–H and O–H groups in total. The van der Waals surface area contributed by atoms with E-state index in [-0.39, 0.29) is 36.8 Å². The molecule has 1 aromatic rings. The molecular weight excluding hydrogens is 235 g/mol.